The minimum absolute atomic E-state index is 0.100. The number of hydrogen-bond acceptors (Lipinski definition) is 6. The summed E-state index contributed by atoms with van der Waals surface area (Å²) >= 11 is 0. The second kappa shape index (κ2) is 12.4. The number of aliphatic hydroxyl groups is 2. The highest BCUT2D eigenvalue weighted by molar-refractivity contribution is 5.67. The van der Waals surface area contributed by atoms with Crippen LogP contribution >= 0.6 is 0 Å². The van der Waals surface area contributed by atoms with Crippen LogP contribution in [0.1, 0.15) is 90.7 Å². The molecule has 1 aromatic carbocycles. The van der Waals surface area contributed by atoms with Gasteiger partial charge in [0.15, 0.2) is 0 Å². The number of aliphatic hydroxyl groups excluding tert-OH is 2. The second-order valence-electron chi connectivity index (χ2n) is 9.35. The van der Waals surface area contributed by atoms with E-state index in [1.807, 2.05) is 19.9 Å². The first-order valence-corrected chi connectivity index (χ1v) is 12.4. The largest absolute Gasteiger partial charge is 0.513 e. The number of ether oxygens (including phenoxy) is 3. The molecule has 1 aromatic rings. The molecule has 0 fully saturated rings. The Hall–Kier alpha value is -2.05. The van der Waals surface area contributed by atoms with Gasteiger partial charge in [0.2, 0.25) is 0 Å². The number of fused-ring (bicyclic) bond motifs is 3. The molecule has 1 aliphatic heterocycles. The molecule has 6 nitrogen and oxygen atoms in total. The Balaban J connectivity index is 0.00000187. The molecule has 6 heteroatoms. The lowest BCUT2D eigenvalue weighted by Gasteiger charge is -2.46. The summed E-state index contributed by atoms with van der Waals surface area (Å²) in [6, 6.07) is 4.02. The van der Waals surface area contributed by atoms with Crippen LogP contribution in [0.3, 0.4) is 0 Å². The summed E-state index contributed by atoms with van der Waals surface area (Å²) in [6.07, 6.45) is 6.51. The number of aryl methyl sites for hydroxylation is 1. The van der Waals surface area contributed by atoms with Crippen molar-refractivity contribution in [2.24, 2.45) is 5.92 Å². The van der Waals surface area contributed by atoms with Crippen molar-refractivity contribution in [2.45, 2.75) is 97.7 Å². The lowest BCUT2D eigenvalue weighted by molar-refractivity contribution is 0.00812. The van der Waals surface area contributed by atoms with Crippen LogP contribution in [0.5, 0.6) is 11.5 Å². The highest BCUT2D eigenvalue weighted by Crippen LogP contribution is 2.53. The third-order valence-corrected chi connectivity index (χ3v) is 6.38. The quantitative estimate of drug-likeness (QED) is 0.216. The van der Waals surface area contributed by atoms with Crippen LogP contribution in [-0.4, -0.2) is 41.3 Å². The molecule has 2 N–H and O–H groups in total. The second-order valence-corrected chi connectivity index (χ2v) is 9.35. The maximum Gasteiger partial charge on any atom is 0.513 e. The van der Waals surface area contributed by atoms with Crippen molar-refractivity contribution in [3.8, 4) is 11.5 Å². The first kappa shape index (κ1) is 27.2. The monoisotopic (exact) mass is 462 g/mol. The molecule has 186 valence electrons. The first-order chi connectivity index (χ1) is 15.7. The maximum atomic E-state index is 12.3. The minimum atomic E-state index is -1.13. The van der Waals surface area contributed by atoms with Gasteiger partial charge in [0, 0.05) is 17.4 Å². The van der Waals surface area contributed by atoms with Gasteiger partial charge in [0.05, 0.1) is 6.61 Å². The van der Waals surface area contributed by atoms with E-state index in [1.54, 1.807) is 0 Å². The molecular weight excluding hydrogens is 420 g/mol. The molecule has 0 aromatic heterocycles. The number of carbonyl (C=O) groups is 1. The Morgan fingerprint density at radius 3 is 2.67 bits per heavy atom. The lowest BCUT2D eigenvalue weighted by Crippen LogP contribution is -2.45. The molecule has 3 rings (SSSR count). The smallest absolute Gasteiger partial charge is 0.487 e. The van der Waals surface area contributed by atoms with Gasteiger partial charge in [-0.05, 0) is 64.2 Å². The van der Waals surface area contributed by atoms with Gasteiger partial charge in [-0.1, -0.05) is 45.3 Å². The Morgan fingerprint density at radius 1 is 1.27 bits per heavy atom. The van der Waals surface area contributed by atoms with E-state index in [2.05, 4.69) is 39.8 Å². The minimum Gasteiger partial charge on any atom is -0.487 e. The highest BCUT2D eigenvalue weighted by Gasteiger charge is 2.45. The average Bonchev–Trinajstić information content (AvgIpc) is 2.78. The van der Waals surface area contributed by atoms with Crippen LogP contribution in [0.4, 0.5) is 4.79 Å². The van der Waals surface area contributed by atoms with E-state index >= 15 is 0 Å². The number of hydrogen-bond donors (Lipinski definition) is 2. The maximum absolute atomic E-state index is 12.3. The van der Waals surface area contributed by atoms with E-state index in [0.29, 0.717) is 5.75 Å². The predicted octanol–water partition coefficient (Wildman–Crippen LogP) is 5.93. The zero-order chi connectivity index (χ0) is 24.6. The van der Waals surface area contributed by atoms with E-state index in [1.165, 1.54) is 5.57 Å². The predicted molar refractivity (Wildman–Crippen MR) is 130 cm³/mol. The fourth-order valence-electron chi connectivity index (χ4n) is 4.70. The van der Waals surface area contributed by atoms with Crippen LogP contribution < -0.4 is 9.47 Å². The summed E-state index contributed by atoms with van der Waals surface area (Å²) in [4.78, 5) is 12.3. The normalized spacial score (nSPS) is 21.3. The van der Waals surface area contributed by atoms with E-state index in [0.717, 1.165) is 55.4 Å². The van der Waals surface area contributed by atoms with Crippen LogP contribution in [0.2, 0.25) is 0 Å². The summed E-state index contributed by atoms with van der Waals surface area (Å²) in [5.74, 6) is 1.61. The standard InChI is InChI=1S/C25H36O6.C2H6/c1-5-6-7-8-17-12-21(30-24(28)29-15-18(27)14-26)23-19-11-16(2)9-10-20(19)25(3,4)31-22(23)13-17;1-2/h11-13,18-20,26-27H,5-10,14-15H2,1-4H3;1-2H3/t18-,19?,20?;/m0./s1. The van der Waals surface area contributed by atoms with Crippen molar-refractivity contribution in [2.75, 3.05) is 13.2 Å². The van der Waals surface area contributed by atoms with Gasteiger partial charge in [0.1, 0.15) is 29.8 Å². The van der Waals surface area contributed by atoms with E-state index in [9.17, 15) is 9.90 Å². The fraction of sp³-hybridized carbons (Fsp3) is 0.667. The summed E-state index contributed by atoms with van der Waals surface area (Å²) in [5.41, 5.74) is 2.97. The number of benzene rings is 1. The van der Waals surface area contributed by atoms with E-state index < -0.39 is 18.9 Å². The molecule has 1 heterocycles. The molecule has 3 atom stereocenters. The summed E-state index contributed by atoms with van der Waals surface area (Å²) in [6.45, 7) is 11.8. The van der Waals surface area contributed by atoms with Gasteiger partial charge in [-0.2, -0.15) is 0 Å². The molecule has 0 saturated carbocycles. The molecule has 2 aliphatic rings. The van der Waals surface area contributed by atoms with E-state index in [-0.39, 0.29) is 24.0 Å². The number of allylic oxidation sites excluding steroid dienone is 2. The van der Waals surface area contributed by atoms with Crippen LogP contribution in [-0.2, 0) is 11.2 Å². The van der Waals surface area contributed by atoms with Crippen molar-refractivity contribution < 1.29 is 29.2 Å². The third-order valence-electron chi connectivity index (χ3n) is 6.38. The van der Waals surface area contributed by atoms with Gasteiger partial charge in [-0.15, -0.1) is 0 Å². The molecular formula is C27H42O6. The molecule has 0 saturated heterocycles. The van der Waals surface area contributed by atoms with Crippen molar-refractivity contribution in [1.29, 1.82) is 0 Å². The Bertz CT molecular complexity index is 813. The molecule has 0 spiro atoms. The van der Waals surface area contributed by atoms with Crippen molar-refractivity contribution >= 4 is 6.16 Å². The fourth-order valence-corrected chi connectivity index (χ4v) is 4.70. The summed E-state index contributed by atoms with van der Waals surface area (Å²) < 4.78 is 17.1. The number of carbonyl (C=O) groups excluding carboxylic acids is 1. The molecule has 0 radical (unpaired) electrons. The third kappa shape index (κ3) is 6.97. The Morgan fingerprint density at radius 2 is 2.00 bits per heavy atom. The lowest BCUT2D eigenvalue weighted by atomic mass is 9.68. The van der Waals surface area contributed by atoms with Crippen molar-refractivity contribution in [3.05, 3.63) is 34.9 Å². The van der Waals surface area contributed by atoms with Gasteiger partial charge >= 0.3 is 6.16 Å². The Kier molecular flexibility index (Phi) is 10.2. The molecule has 0 bridgehead atoms. The highest BCUT2D eigenvalue weighted by atomic mass is 16.7. The Labute approximate surface area is 198 Å². The van der Waals surface area contributed by atoms with E-state index in [4.69, 9.17) is 19.3 Å². The molecule has 33 heavy (non-hydrogen) atoms. The van der Waals surface area contributed by atoms with Crippen LogP contribution in [0.15, 0.2) is 23.8 Å². The van der Waals surface area contributed by atoms with Gasteiger partial charge in [-0.3, -0.25) is 0 Å². The van der Waals surface area contributed by atoms with Crippen LogP contribution in [0, 0.1) is 5.92 Å². The zero-order valence-corrected chi connectivity index (χ0v) is 21.1. The van der Waals surface area contributed by atoms with Gasteiger partial charge in [-0.25, -0.2) is 4.79 Å². The molecule has 0 amide bonds. The number of rotatable bonds is 8. The van der Waals surface area contributed by atoms with Crippen LogP contribution in [0.25, 0.3) is 0 Å². The number of unbranched alkanes of at least 4 members (excludes halogenated alkanes) is 2. The zero-order valence-electron chi connectivity index (χ0n) is 21.1. The summed E-state index contributed by atoms with van der Waals surface area (Å²) in [5, 5.41) is 18.4. The summed E-state index contributed by atoms with van der Waals surface area (Å²) in [7, 11) is 0. The van der Waals surface area contributed by atoms with Gasteiger partial charge < -0.3 is 24.4 Å². The first-order valence-electron chi connectivity index (χ1n) is 12.4. The van der Waals surface area contributed by atoms with Crippen molar-refractivity contribution in [3.63, 3.8) is 0 Å². The average molecular weight is 463 g/mol. The topological polar surface area (TPSA) is 85.2 Å². The molecule has 1 aliphatic carbocycles. The van der Waals surface area contributed by atoms with Gasteiger partial charge in [0.25, 0.3) is 0 Å². The van der Waals surface area contributed by atoms with Crippen molar-refractivity contribution in [1.82, 2.24) is 0 Å². The SMILES string of the molecule is CC.CCCCCc1cc(OC(=O)OC[C@@H](O)CO)c2c(c1)OC(C)(C)C1CCC(C)=CC21. The molecule has 2 unspecified atom stereocenters.